The summed E-state index contributed by atoms with van der Waals surface area (Å²) in [4.78, 5) is 39.1. The van der Waals surface area contributed by atoms with Crippen LogP contribution in [0.3, 0.4) is 0 Å². The lowest BCUT2D eigenvalue weighted by Crippen LogP contribution is -2.45. The van der Waals surface area contributed by atoms with Crippen molar-refractivity contribution in [3.05, 3.63) is 58.8 Å². The van der Waals surface area contributed by atoms with Gasteiger partial charge in [0.1, 0.15) is 11.6 Å². The Morgan fingerprint density at radius 3 is 1.71 bits per heavy atom. The van der Waals surface area contributed by atoms with Crippen molar-refractivity contribution in [2.45, 2.75) is 232 Å². The molecule has 0 bridgehead atoms. The van der Waals surface area contributed by atoms with Crippen molar-refractivity contribution >= 4 is 53.8 Å². The molecule has 0 amide bonds. The molecule has 1 heterocycles. The van der Waals surface area contributed by atoms with Gasteiger partial charge in [0, 0.05) is 36.0 Å². The van der Waals surface area contributed by atoms with E-state index in [4.69, 9.17) is 13.3 Å². The number of allylic oxidation sites excluding steroid dienone is 2. The Balaban J connectivity index is 0.000000756. The van der Waals surface area contributed by atoms with E-state index in [0.717, 1.165) is 38.5 Å². The lowest BCUT2D eigenvalue weighted by atomic mass is 9.88. The van der Waals surface area contributed by atoms with Gasteiger partial charge in [-0.2, -0.15) is 0 Å². The zero-order valence-corrected chi connectivity index (χ0v) is 47.4. The van der Waals surface area contributed by atoms with Gasteiger partial charge in [0.05, 0.1) is 31.8 Å². The molecule has 0 saturated heterocycles. The summed E-state index contributed by atoms with van der Waals surface area (Å²) in [5, 5.41) is 2.53. The third kappa shape index (κ3) is 21.6. The van der Waals surface area contributed by atoms with E-state index in [0.29, 0.717) is 6.42 Å². The summed E-state index contributed by atoms with van der Waals surface area (Å²) in [5.74, 6) is -0.831. The number of ketones is 2. The Hall–Kier alpha value is -1.74. The summed E-state index contributed by atoms with van der Waals surface area (Å²) >= 11 is 1.83. The van der Waals surface area contributed by atoms with Crippen molar-refractivity contribution in [2.24, 2.45) is 11.8 Å². The minimum atomic E-state index is -2.15. The van der Waals surface area contributed by atoms with Gasteiger partial charge in [0.15, 0.2) is 25.0 Å². The lowest BCUT2D eigenvalue weighted by molar-refractivity contribution is -0.139. The van der Waals surface area contributed by atoms with Gasteiger partial charge >= 0.3 is 5.97 Å². The summed E-state index contributed by atoms with van der Waals surface area (Å²) < 4.78 is 25.0. The van der Waals surface area contributed by atoms with Crippen LogP contribution in [0.4, 0.5) is 0 Å². The third-order valence-corrected chi connectivity index (χ3v) is 28.3. The topological polar surface area (TPSA) is 88.1 Å². The fraction of sp³-hybridized carbons (Fsp3) is 0.750. The first kappa shape index (κ1) is 59.3. The van der Waals surface area contributed by atoms with Crippen molar-refractivity contribution in [2.75, 3.05) is 7.11 Å². The molecule has 0 aliphatic heterocycles. The first-order valence-corrected chi connectivity index (χ1v) is 33.8. The van der Waals surface area contributed by atoms with Crippen molar-refractivity contribution < 1.29 is 32.4 Å². The maximum absolute atomic E-state index is 13.4. The van der Waals surface area contributed by atoms with E-state index in [1.54, 1.807) is 12.2 Å². The van der Waals surface area contributed by atoms with Crippen molar-refractivity contribution in [3.8, 4) is 0 Å². The Labute approximate surface area is 394 Å². The Kier molecular flexibility index (Phi) is 25.6. The average molecular weight is 948 g/mol. The Bertz CT molecular complexity index is 1580. The molecule has 0 aromatic carbocycles. The van der Waals surface area contributed by atoms with Gasteiger partial charge in [0.25, 0.3) is 0 Å². The van der Waals surface area contributed by atoms with Crippen LogP contribution in [0.15, 0.2) is 54.0 Å². The number of ether oxygens (including phenoxy) is 1. The predicted octanol–water partition coefficient (Wildman–Crippen LogP) is 15.4. The van der Waals surface area contributed by atoms with Crippen LogP contribution in [-0.4, -0.2) is 67.9 Å². The van der Waals surface area contributed by atoms with E-state index >= 15 is 0 Å². The molecule has 1 saturated carbocycles. The van der Waals surface area contributed by atoms with E-state index in [-0.39, 0.29) is 76.1 Å². The number of esters is 1. The van der Waals surface area contributed by atoms with Gasteiger partial charge in [-0.1, -0.05) is 157 Å². The summed E-state index contributed by atoms with van der Waals surface area (Å²) in [6.45, 7) is 38.5. The van der Waals surface area contributed by atoms with Gasteiger partial charge in [-0.05, 0) is 85.1 Å². The molecule has 63 heavy (non-hydrogen) atoms. The molecule has 0 spiro atoms. The minimum absolute atomic E-state index is 0.00661. The molecule has 1 fully saturated rings. The van der Waals surface area contributed by atoms with E-state index < -0.39 is 30.9 Å². The van der Waals surface area contributed by atoms with Crippen molar-refractivity contribution in [3.63, 3.8) is 0 Å². The highest BCUT2D eigenvalue weighted by atomic mass is 32.1. The monoisotopic (exact) mass is 947 g/mol. The largest absolute Gasteiger partial charge is 0.469 e. The number of hydrogen-bond acceptors (Lipinski definition) is 8. The second-order valence-electron chi connectivity index (χ2n) is 22.4. The molecule has 0 radical (unpaired) electrons. The molecular weight excluding hydrogens is 853 g/mol. The van der Waals surface area contributed by atoms with E-state index in [2.05, 4.69) is 162 Å². The van der Waals surface area contributed by atoms with Crippen molar-refractivity contribution in [1.29, 1.82) is 0 Å². The summed E-state index contributed by atoms with van der Waals surface area (Å²) in [7, 11) is -4.51. The Morgan fingerprint density at radius 2 is 1.25 bits per heavy atom. The van der Waals surface area contributed by atoms with Gasteiger partial charge < -0.3 is 18.0 Å². The van der Waals surface area contributed by atoms with E-state index in [9.17, 15) is 14.4 Å². The van der Waals surface area contributed by atoms with Crippen LogP contribution in [0.25, 0.3) is 0 Å². The number of unbranched alkanes of at least 4 members (excludes halogenated alkanes) is 4. The summed E-state index contributed by atoms with van der Waals surface area (Å²) in [6.07, 6.45) is 23.5. The minimum Gasteiger partial charge on any atom is -0.469 e. The normalized spacial score (nSPS) is 19.2. The van der Waals surface area contributed by atoms with Crippen LogP contribution in [0.1, 0.15) is 158 Å². The summed E-state index contributed by atoms with van der Waals surface area (Å²) in [6, 6.07) is 4.33. The fourth-order valence-electron chi connectivity index (χ4n) is 6.66. The maximum atomic E-state index is 13.4. The fourth-order valence-corrected chi connectivity index (χ4v) is 11.3. The SMILES string of the molecule is CCCCCC(/C=C/Cc1cccs1)O[Si](C)(C)C(C)(C)C.CCCCCC(/C=C/[C@H]1C(O[Si](C)(C)C(C)(C)C)CC(=O)[C@@H]1CC(=O)C/C=C/CC(=O)OC)O[Si](C)(C)C(C)(C)C. The standard InChI is InChI=1S/C33H60O6Si2.C19H34OSSi/c1-13-14-15-19-26(38-40(9,10)32(2,3)4)21-22-27-28(23-25(34)18-16-17-20-31(36)37-8)29(35)24-30(27)39-41(11,12)33(5,6)7;1-7-8-9-12-17(20-22(5,6)19(2,3)4)13-10-14-18-15-11-16-21-18/h16-17,21-22,26-28,30H,13-15,18-20,23-24H2,1-12H3;10-11,13,15-17H,7-9,12,14H2,1-6H3/b17-16+,22-21+;13-10+/t26?,27-,28-,30?;/m1./s1. The first-order valence-electron chi connectivity index (χ1n) is 24.2. The zero-order valence-electron chi connectivity index (χ0n) is 43.5. The molecule has 1 aromatic heterocycles. The second-order valence-corrected chi connectivity index (χ2v) is 37.7. The zero-order chi connectivity index (χ0) is 48.3. The molecule has 1 aliphatic rings. The number of carbonyl (C=O) groups is 3. The number of carbonyl (C=O) groups excluding carboxylic acids is 3. The van der Waals surface area contributed by atoms with Crippen molar-refractivity contribution in [1.82, 2.24) is 0 Å². The highest BCUT2D eigenvalue weighted by molar-refractivity contribution is 7.09. The van der Waals surface area contributed by atoms with Crippen LogP contribution >= 0.6 is 11.3 Å². The maximum Gasteiger partial charge on any atom is 0.309 e. The van der Waals surface area contributed by atoms with Crippen LogP contribution in [-0.2, 0) is 38.8 Å². The smallest absolute Gasteiger partial charge is 0.309 e. The molecule has 362 valence electrons. The predicted molar refractivity (Wildman–Crippen MR) is 277 cm³/mol. The number of rotatable bonds is 25. The van der Waals surface area contributed by atoms with E-state index in [1.165, 1.54) is 31.2 Å². The quantitative estimate of drug-likeness (QED) is 0.0417. The molecule has 5 atom stereocenters. The van der Waals surface area contributed by atoms with E-state index in [1.807, 2.05) is 11.3 Å². The number of hydrogen-bond donors (Lipinski definition) is 0. The average Bonchev–Trinajstić information content (AvgIpc) is 3.77. The highest BCUT2D eigenvalue weighted by Crippen LogP contribution is 2.44. The molecule has 7 nitrogen and oxygen atoms in total. The molecule has 11 heteroatoms. The van der Waals surface area contributed by atoms with Gasteiger partial charge in [0.2, 0.25) is 0 Å². The van der Waals surface area contributed by atoms with Crippen LogP contribution in [0, 0.1) is 11.8 Å². The number of methoxy groups -OCH3 is 1. The summed E-state index contributed by atoms with van der Waals surface area (Å²) in [5.41, 5.74) is 0. The first-order chi connectivity index (χ1) is 29.0. The third-order valence-electron chi connectivity index (χ3n) is 13.9. The molecule has 0 N–H and O–H groups in total. The van der Waals surface area contributed by atoms with Crippen LogP contribution in [0.2, 0.25) is 54.4 Å². The molecular formula is C52H94O7SSi3. The second kappa shape index (κ2) is 27.2. The molecule has 2 rings (SSSR count). The molecule has 1 aliphatic carbocycles. The molecule has 1 aromatic rings. The van der Waals surface area contributed by atoms with Gasteiger partial charge in [-0.3, -0.25) is 14.4 Å². The lowest BCUT2D eigenvalue weighted by Gasteiger charge is -2.40. The number of thiophene rings is 1. The van der Waals surface area contributed by atoms with Gasteiger partial charge in [-0.25, -0.2) is 0 Å². The molecule has 3 unspecified atom stereocenters. The number of Topliss-reactive ketones (excluding diaryl/α,β-unsaturated/α-hetero) is 2. The van der Waals surface area contributed by atoms with Crippen LogP contribution < -0.4 is 0 Å². The van der Waals surface area contributed by atoms with Crippen LogP contribution in [0.5, 0.6) is 0 Å². The highest BCUT2D eigenvalue weighted by Gasteiger charge is 2.48. The Morgan fingerprint density at radius 1 is 0.746 bits per heavy atom. The van der Waals surface area contributed by atoms with Gasteiger partial charge in [-0.15, -0.1) is 11.3 Å².